The molecule has 0 atom stereocenters. The quantitative estimate of drug-likeness (QED) is 0.474. The first-order valence-corrected chi connectivity index (χ1v) is 9.61. The summed E-state index contributed by atoms with van der Waals surface area (Å²) in [5.41, 5.74) is 3.31. The van der Waals surface area contributed by atoms with Gasteiger partial charge in [0.05, 0.1) is 21.8 Å². The van der Waals surface area contributed by atoms with Crippen LogP contribution in [0.2, 0.25) is 10.0 Å². The molecule has 1 N–H and O–H groups in total. The largest absolute Gasteiger partial charge is 0.476 e. The Morgan fingerprint density at radius 1 is 1.22 bits per heavy atom. The van der Waals surface area contributed by atoms with Gasteiger partial charge in [-0.25, -0.2) is 9.78 Å². The first-order valence-electron chi connectivity index (χ1n) is 8.04. The van der Waals surface area contributed by atoms with Gasteiger partial charge in [0.1, 0.15) is 5.01 Å². The molecular formula is C19H13Cl2N3O2S. The van der Waals surface area contributed by atoms with Crippen molar-refractivity contribution in [2.24, 2.45) is 0 Å². The zero-order chi connectivity index (χ0) is 19.1. The van der Waals surface area contributed by atoms with Crippen molar-refractivity contribution in [3.8, 4) is 10.6 Å². The molecule has 2 aromatic heterocycles. The third-order valence-corrected chi connectivity index (χ3v) is 5.75. The summed E-state index contributed by atoms with van der Waals surface area (Å²) in [5.74, 6) is -1.05. The van der Waals surface area contributed by atoms with E-state index in [1.165, 1.54) is 11.3 Å². The molecule has 0 aliphatic heterocycles. The third kappa shape index (κ3) is 3.43. The molecule has 2 heterocycles. The lowest BCUT2D eigenvalue weighted by molar-refractivity contribution is 0.0689. The highest BCUT2D eigenvalue weighted by molar-refractivity contribution is 7.21. The molecular weight excluding hydrogens is 405 g/mol. The van der Waals surface area contributed by atoms with Crippen LogP contribution >= 0.6 is 34.5 Å². The number of rotatable bonds is 4. The first-order chi connectivity index (χ1) is 12.9. The predicted octanol–water partition coefficient (Wildman–Crippen LogP) is 5.52. The fraction of sp³-hybridized carbons (Fsp3) is 0.105. The van der Waals surface area contributed by atoms with Crippen LogP contribution in [0.5, 0.6) is 0 Å². The summed E-state index contributed by atoms with van der Waals surface area (Å²) in [5, 5.41) is 15.3. The van der Waals surface area contributed by atoms with Crippen LogP contribution in [0.3, 0.4) is 0 Å². The van der Waals surface area contributed by atoms with E-state index in [0.29, 0.717) is 16.6 Å². The number of carbonyl (C=O) groups is 1. The van der Waals surface area contributed by atoms with E-state index in [1.54, 1.807) is 10.7 Å². The molecule has 0 unspecified atom stereocenters. The molecule has 0 aliphatic carbocycles. The van der Waals surface area contributed by atoms with E-state index in [1.807, 2.05) is 43.3 Å². The van der Waals surface area contributed by atoms with E-state index < -0.39 is 5.97 Å². The van der Waals surface area contributed by atoms with Crippen LogP contribution in [0.25, 0.3) is 20.8 Å². The number of nitrogens with zero attached hydrogens (tertiary/aromatic N) is 3. The van der Waals surface area contributed by atoms with Crippen molar-refractivity contribution in [3.63, 3.8) is 0 Å². The highest BCUT2D eigenvalue weighted by atomic mass is 35.5. The summed E-state index contributed by atoms with van der Waals surface area (Å²) in [6, 6.07) is 12.8. The van der Waals surface area contributed by atoms with Crippen LogP contribution in [0, 0.1) is 6.92 Å². The Morgan fingerprint density at radius 3 is 2.70 bits per heavy atom. The summed E-state index contributed by atoms with van der Waals surface area (Å²) in [6.07, 6.45) is 0. The molecule has 0 bridgehead atoms. The van der Waals surface area contributed by atoms with Gasteiger partial charge >= 0.3 is 5.97 Å². The molecule has 0 amide bonds. The molecule has 4 aromatic rings. The summed E-state index contributed by atoms with van der Waals surface area (Å²) in [7, 11) is 0. The maximum Gasteiger partial charge on any atom is 0.356 e. The Hall–Kier alpha value is -2.41. The monoisotopic (exact) mass is 417 g/mol. The van der Waals surface area contributed by atoms with Crippen LogP contribution in [-0.2, 0) is 6.54 Å². The van der Waals surface area contributed by atoms with Crippen LogP contribution < -0.4 is 0 Å². The average molecular weight is 418 g/mol. The number of thiazole rings is 1. The fourth-order valence-corrected chi connectivity index (χ4v) is 4.55. The van der Waals surface area contributed by atoms with Crippen LogP contribution in [0.1, 0.15) is 21.7 Å². The first kappa shape index (κ1) is 18.0. The maximum atomic E-state index is 11.2. The molecule has 0 aliphatic rings. The molecule has 2 aromatic carbocycles. The van der Waals surface area contributed by atoms with Crippen molar-refractivity contribution in [3.05, 3.63) is 69.5 Å². The average Bonchev–Trinajstić information content (AvgIpc) is 3.19. The minimum absolute atomic E-state index is 0.0146. The van der Waals surface area contributed by atoms with Gasteiger partial charge in [-0.3, -0.25) is 4.68 Å². The minimum Gasteiger partial charge on any atom is -0.476 e. The van der Waals surface area contributed by atoms with Crippen molar-refractivity contribution >= 4 is 50.7 Å². The number of carboxylic acid groups (broad SMARTS) is 1. The third-order valence-electron chi connectivity index (χ3n) is 4.16. The van der Waals surface area contributed by atoms with Gasteiger partial charge in [-0.1, -0.05) is 41.4 Å². The van der Waals surface area contributed by atoms with E-state index in [-0.39, 0.29) is 5.69 Å². The predicted molar refractivity (Wildman–Crippen MR) is 108 cm³/mol. The smallest absolute Gasteiger partial charge is 0.356 e. The number of aromatic carboxylic acids is 1. The molecule has 136 valence electrons. The Labute approximate surface area is 168 Å². The van der Waals surface area contributed by atoms with Gasteiger partial charge in [0, 0.05) is 21.8 Å². The SMILES string of the molecule is Cc1cc(C(=O)O)nn1Cc1cc(Cl)cc2sc(-c3ccccc3Cl)nc12. The molecule has 0 spiro atoms. The van der Waals surface area contributed by atoms with E-state index >= 15 is 0 Å². The number of aromatic nitrogens is 3. The molecule has 0 fully saturated rings. The topological polar surface area (TPSA) is 68.0 Å². The van der Waals surface area contributed by atoms with Gasteiger partial charge in [-0.2, -0.15) is 5.10 Å². The Balaban J connectivity index is 1.81. The Morgan fingerprint density at radius 2 is 2.00 bits per heavy atom. The standard InChI is InChI=1S/C19H13Cl2N3O2S/c1-10-6-15(19(25)26)23-24(10)9-11-7-12(20)8-16-17(11)22-18(27-16)13-4-2-3-5-14(13)21/h2-8H,9H2,1H3,(H,25,26). The molecule has 5 nitrogen and oxygen atoms in total. The van der Waals surface area contributed by atoms with Crippen molar-refractivity contribution < 1.29 is 9.90 Å². The van der Waals surface area contributed by atoms with Crippen LogP contribution in [0.15, 0.2) is 42.5 Å². The van der Waals surface area contributed by atoms with Crippen molar-refractivity contribution in [1.82, 2.24) is 14.8 Å². The minimum atomic E-state index is -1.05. The Kier molecular flexibility index (Phi) is 4.63. The van der Waals surface area contributed by atoms with E-state index in [4.69, 9.17) is 33.3 Å². The number of fused-ring (bicyclic) bond motifs is 1. The lowest BCUT2D eigenvalue weighted by Gasteiger charge is -2.06. The summed E-state index contributed by atoms with van der Waals surface area (Å²) in [6.45, 7) is 2.19. The van der Waals surface area contributed by atoms with Crippen molar-refractivity contribution in [1.29, 1.82) is 0 Å². The zero-order valence-electron chi connectivity index (χ0n) is 14.1. The maximum absolute atomic E-state index is 11.2. The highest BCUT2D eigenvalue weighted by Crippen LogP contribution is 2.36. The fourth-order valence-electron chi connectivity index (χ4n) is 2.87. The molecule has 0 saturated carbocycles. The Bertz CT molecular complexity index is 1180. The lowest BCUT2D eigenvalue weighted by Crippen LogP contribution is -2.06. The number of aryl methyl sites for hydroxylation is 1. The van der Waals surface area contributed by atoms with E-state index in [2.05, 4.69) is 5.10 Å². The van der Waals surface area contributed by atoms with Crippen molar-refractivity contribution in [2.75, 3.05) is 0 Å². The van der Waals surface area contributed by atoms with Gasteiger partial charge in [-0.05, 0) is 31.2 Å². The second-order valence-corrected chi connectivity index (χ2v) is 7.92. The summed E-state index contributed by atoms with van der Waals surface area (Å²) >= 11 is 14.1. The summed E-state index contributed by atoms with van der Waals surface area (Å²) < 4.78 is 2.58. The van der Waals surface area contributed by atoms with Gasteiger partial charge in [-0.15, -0.1) is 11.3 Å². The lowest BCUT2D eigenvalue weighted by atomic mass is 10.2. The molecule has 0 radical (unpaired) electrons. The molecule has 0 saturated heterocycles. The van der Waals surface area contributed by atoms with Gasteiger partial charge < -0.3 is 5.11 Å². The number of hydrogen-bond acceptors (Lipinski definition) is 4. The second-order valence-electron chi connectivity index (χ2n) is 6.04. The summed E-state index contributed by atoms with van der Waals surface area (Å²) in [4.78, 5) is 15.9. The zero-order valence-corrected chi connectivity index (χ0v) is 16.4. The number of halogens is 2. The highest BCUT2D eigenvalue weighted by Gasteiger charge is 2.16. The van der Waals surface area contributed by atoms with Gasteiger partial charge in [0.25, 0.3) is 0 Å². The van der Waals surface area contributed by atoms with E-state index in [9.17, 15) is 4.79 Å². The van der Waals surface area contributed by atoms with Crippen molar-refractivity contribution in [2.45, 2.75) is 13.5 Å². The normalized spacial score (nSPS) is 11.2. The van der Waals surface area contributed by atoms with E-state index in [0.717, 1.165) is 32.0 Å². The number of carboxylic acids is 1. The van der Waals surface area contributed by atoms with Gasteiger partial charge in [0.2, 0.25) is 0 Å². The number of benzene rings is 2. The molecule has 27 heavy (non-hydrogen) atoms. The van der Waals surface area contributed by atoms with Crippen LogP contribution in [-0.4, -0.2) is 25.8 Å². The van der Waals surface area contributed by atoms with Crippen LogP contribution in [0.4, 0.5) is 0 Å². The molecule has 4 rings (SSSR count). The second kappa shape index (κ2) is 6.96. The molecule has 8 heteroatoms. The number of hydrogen-bond donors (Lipinski definition) is 1. The van der Waals surface area contributed by atoms with Gasteiger partial charge in [0.15, 0.2) is 5.69 Å².